The summed E-state index contributed by atoms with van der Waals surface area (Å²) >= 11 is 5.81. The Bertz CT molecular complexity index is 738. The number of anilines is 1. The number of unbranched alkanes of at least 4 members (excludes halogenated alkanes) is 1. The minimum absolute atomic E-state index is 0.0390. The molecule has 0 spiro atoms. The van der Waals surface area contributed by atoms with Gasteiger partial charge in [-0.1, -0.05) is 55.3 Å². The second-order valence-corrected chi connectivity index (χ2v) is 6.09. The molecular formula is C18H21ClN3O3+. The molecular weight excluding hydrogens is 342 g/mol. The fourth-order valence-electron chi connectivity index (χ4n) is 2.49. The molecule has 0 unspecified atom stereocenters. The zero-order valence-corrected chi connectivity index (χ0v) is 14.7. The average molecular weight is 363 g/mol. The molecule has 25 heavy (non-hydrogen) atoms. The summed E-state index contributed by atoms with van der Waals surface area (Å²) in [5, 5.41) is 15.8. The smallest absolute Gasteiger partial charge is 0.289 e. The number of amides is 1. The Balaban J connectivity index is 2.19. The molecule has 0 aliphatic rings. The summed E-state index contributed by atoms with van der Waals surface area (Å²) in [6, 6.07) is 13.3. The van der Waals surface area contributed by atoms with Crippen LogP contribution in [-0.4, -0.2) is 17.4 Å². The number of hydrogen-bond acceptors (Lipinski definition) is 3. The van der Waals surface area contributed by atoms with E-state index in [-0.39, 0.29) is 16.6 Å². The van der Waals surface area contributed by atoms with Gasteiger partial charge in [-0.2, -0.15) is 0 Å². The Hall–Kier alpha value is -2.44. The Morgan fingerprint density at radius 3 is 2.64 bits per heavy atom. The van der Waals surface area contributed by atoms with Gasteiger partial charge in [-0.25, -0.2) is 0 Å². The summed E-state index contributed by atoms with van der Waals surface area (Å²) in [5.74, 6) is -0.223. The largest absolute Gasteiger partial charge is 0.332 e. The minimum Gasteiger partial charge on any atom is -0.332 e. The van der Waals surface area contributed by atoms with Gasteiger partial charge in [-0.3, -0.25) is 14.9 Å². The van der Waals surface area contributed by atoms with E-state index < -0.39 is 11.0 Å². The van der Waals surface area contributed by atoms with Crippen LogP contribution in [0.25, 0.3) is 0 Å². The van der Waals surface area contributed by atoms with Crippen molar-refractivity contribution in [3.05, 3.63) is 69.2 Å². The van der Waals surface area contributed by atoms with E-state index in [1.807, 2.05) is 35.6 Å². The van der Waals surface area contributed by atoms with Gasteiger partial charge >= 0.3 is 0 Å². The minimum atomic E-state index is -0.569. The van der Waals surface area contributed by atoms with Crippen molar-refractivity contribution in [1.82, 2.24) is 0 Å². The van der Waals surface area contributed by atoms with Gasteiger partial charge in [0.15, 0.2) is 6.04 Å². The summed E-state index contributed by atoms with van der Waals surface area (Å²) in [6.45, 7) is 2.92. The van der Waals surface area contributed by atoms with Crippen molar-refractivity contribution in [3.63, 3.8) is 0 Å². The fourth-order valence-corrected chi connectivity index (χ4v) is 2.68. The first kappa shape index (κ1) is 18.9. The molecule has 6 nitrogen and oxygen atoms in total. The number of carbonyl (C=O) groups excluding carboxylic acids is 1. The van der Waals surface area contributed by atoms with E-state index in [0.29, 0.717) is 5.69 Å². The third kappa shape index (κ3) is 5.27. The summed E-state index contributed by atoms with van der Waals surface area (Å²) in [7, 11) is 0. The molecule has 3 N–H and O–H groups in total. The van der Waals surface area contributed by atoms with Crippen LogP contribution in [0.5, 0.6) is 0 Å². The van der Waals surface area contributed by atoms with Crippen LogP contribution in [0.3, 0.4) is 0 Å². The highest BCUT2D eigenvalue weighted by atomic mass is 35.5. The van der Waals surface area contributed by atoms with Crippen molar-refractivity contribution < 1.29 is 15.0 Å². The number of benzene rings is 2. The van der Waals surface area contributed by atoms with E-state index in [0.717, 1.165) is 24.9 Å². The third-order valence-corrected chi connectivity index (χ3v) is 4.13. The zero-order valence-electron chi connectivity index (χ0n) is 13.9. The van der Waals surface area contributed by atoms with Crippen molar-refractivity contribution in [1.29, 1.82) is 0 Å². The standard InChI is InChI=1S/C18H20ClN3O3/c1-2-3-11-20-17(13-7-5-4-6-8-13)18(23)21-14-9-10-15(19)16(12-14)22(24)25/h4-10,12,17,20H,2-3,11H2,1H3,(H,21,23)/p+1/t17-/m1/s1. The Labute approximate surface area is 151 Å². The van der Waals surface area contributed by atoms with Gasteiger partial charge in [0.2, 0.25) is 0 Å². The van der Waals surface area contributed by atoms with E-state index in [2.05, 4.69) is 12.2 Å². The molecule has 0 aliphatic heterocycles. The number of quaternary nitrogens is 1. The second kappa shape index (κ2) is 9.15. The summed E-state index contributed by atoms with van der Waals surface area (Å²) in [5.41, 5.74) is 1.01. The lowest BCUT2D eigenvalue weighted by Gasteiger charge is -2.16. The van der Waals surface area contributed by atoms with E-state index >= 15 is 0 Å². The van der Waals surface area contributed by atoms with E-state index in [1.54, 1.807) is 6.07 Å². The summed E-state index contributed by atoms with van der Waals surface area (Å²) < 4.78 is 0. The molecule has 0 aromatic heterocycles. The number of rotatable bonds is 8. The first-order valence-corrected chi connectivity index (χ1v) is 8.53. The molecule has 0 radical (unpaired) electrons. The Morgan fingerprint density at radius 2 is 2.00 bits per heavy atom. The first-order valence-electron chi connectivity index (χ1n) is 8.16. The van der Waals surface area contributed by atoms with Crippen LogP contribution < -0.4 is 10.6 Å². The second-order valence-electron chi connectivity index (χ2n) is 5.68. The van der Waals surface area contributed by atoms with E-state index in [9.17, 15) is 14.9 Å². The number of nitrogens with one attached hydrogen (secondary N) is 1. The highest BCUT2D eigenvalue weighted by Gasteiger charge is 2.24. The molecule has 0 fully saturated rings. The van der Waals surface area contributed by atoms with E-state index in [1.165, 1.54) is 12.1 Å². The number of nitro groups is 1. The molecule has 0 heterocycles. The first-order chi connectivity index (χ1) is 12.0. The van der Waals surface area contributed by atoms with Gasteiger partial charge in [0.25, 0.3) is 11.6 Å². The van der Waals surface area contributed by atoms with Crippen LogP contribution in [0, 0.1) is 10.1 Å². The molecule has 0 aliphatic carbocycles. The quantitative estimate of drug-likeness (QED) is 0.429. The molecule has 132 valence electrons. The maximum absolute atomic E-state index is 12.7. The zero-order chi connectivity index (χ0) is 18.2. The predicted octanol–water partition coefficient (Wildman–Crippen LogP) is 3.29. The molecule has 7 heteroatoms. The molecule has 1 amide bonds. The van der Waals surface area contributed by atoms with Crippen LogP contribution >= 0.6 is 11.6 Å². The lowest BCUT2D eigenvalue weighted by molar-refractivity contribution is -0.682. The molecule has 2 rings (SSSR count). The average Bonchev–Trinajstić information content (AvgIpc) is 2.61. The number of carbonyl (C=O) groups is 1. The van der Waals surface area contributed by atoms with E-state index in [4.69, 9.17) is 11.6 Å². The number of nitro benzene ring substituents is 1. The summed E-state index contributed by atoms with van der Waals surface area (Å²) in [6.07, 6.45) is 2.05. The molecule has 0 saturated carbocycles. The predicted molar refractivity (Wildman–Crippen MR) is 97.6 cm³/mol. The van der Waals surface area contributed by atoms with Crippen molar-refractivity contribution in [2.24, 2.45) is 0 Å². The third-order valence-electron chi connectivity index (χ3n) is 3.81. The van der Waals surface area contributed by atoms with Crippen molar-refractivity contribution in [3.8, 4) is 0 Å². The normalized spacial score (nSPS) is 11.8. The lowest BCUT2D eigenvalue weighted by Crippen LogP contribution is -2.87. The van der Waals surface area contributed by atoms with Gasteiger partial charge in [-0.05, 0) is 18.6 Å². The highest BCUT2D eigenvalue weighted by molar-refractivity contribution is 6.32. The van der Waals surface area contributed by atoms with Crippen molar-refractivity contribution >= 4 is 28.9 Å². The van der Waals surface area contributed by atoms with Gasteiger partial charge in [0.05, 0.1) is 11.5 Å². The van der Waals surface area contributed by atoms with Crippen LogP contribution in [0.1, 0.15) is 31.4 Å². The van der Waals surface area contributed by atoms with Gasteiger partial charge in [0, 0.05) is 17.3 Å². The van der Waals surface area contributed by atoms with Crippen LogP contribution in [-0.2, 0) is 4.79 Å². The Morgan fingerprint density at radius 1 is 1.28 bits per heavy atom. The number of halogens is 1. The number of hydrogen-bond donors (Lipinski definition) is 2. The van der Waals surface area contributed by atoms with Crippen molar-refractivity contribution in [2.75, 3.05) is 11.9 Å². The van der Waals surface area contributed by atoms with Gasteiger partial charge in [-0.15, -0.1) is 0 Å². The molecule has 0 bridgehead atoms. The van der Waals surface area contributed by atoms with Crippen LogP contribution in [0.4, 0.5) is 11.4 Å². The number of nitrogens with two attached hydrogens (primary N) is 1. The van der Waals surface area contributed by atoms with Gasteiger partial charge in [0.1, 0.15) is 5.02 Å². The molecule has 2 aromatic rings. The summed E-state index contributed by atoms with van der Waals surface area (Å²) in [4.78, 5) is 23.2. The number of nitrogens with zero attached hydrogens (tertiary/aromatic N) is 1. The monoisotopic (exact) mass is 362 g/mol. The molecule has 0 saturated heterocycles. The van der Waals surface area contributed by atoms with Crippen LogP contribution in [0.15, 0.2) is 48.5 Å². The maximum Gasteiger partial charge on any atom is 0.289 e. The van der Waals surface area contributed by atoms with Crippen LogP contribution in [0.2, 0.25) is 5.02 Å². The molecule has 2 aromatic carbocycles. The highest BCUT2D eigenvalue weighted by Crippen LogP contribution is 2.27. The van der Waals surface area contributed by atoms with Crippen molar-refractivity contribution in [2.45, 2.75) is 25.8 Å². The lowest BCUT2D eigenvalue weighted by atomic mass is 10.1. The van der Waals surface area contributed by atoms with Gasteiger partial charge < -0.3 is 10.6 Å². The fraction of sp³-hybridized carbons (Fsp3) is 0.278. The topological polar surface area (TPSA) is 88.8 Å². The maximum atomic E-state index is 12.7. The Kier molecular flexibility index (Phi) is 6.91. The SMILES string of the molecule is CCCC[NH2+][C@@H](C(=O)Nc1ccc(Cl)c([N+](=O)[O-])c1)c1ccccc1. The molecule has 1 atom stereocenters.